The molecule has 0 radical (unpaired) electrons. The van der Waals surface area contributed by atoms with Crippen molar-refractivity contribution in [1.82, 2.24) is 9.97 Å². The number of nitrogens with one attached hydrogen (secondary N) is 2. The molecule has 2 heterocycles. The second-order valence-corrected chi connectivity index (χ2v) is 8.92. The van der Waals surface area contributed by atoms with Gasteiger partial charge in [-0.1, -0.05) is 56.1 Å². The molecule has 0 fully saturated rings. The van der Waals surface area contributed by atoms with E-state index in [2.05, 4.69) is 78.5 Å². The summed E-state index contributed by atoms with van der Waals surface area (Å²) >= 11 is 7.22. The molecule has 3 aromatic carbocycles. The predicted octanol–water partition coefficient (Wildman–Crippen LogP) is 7.17. The second-order valence-electron chi connectivity index (χ2n) is 7.09. The van der Waals surface area contributed by atoms with E-state index in [4.69, 9.17) is 0 Å². The molecule has 142 valence electrons. The molecule has 5 heteroatoms. The molecule has 0 atom stereocenters. The summed E-state index contributed by atoms with van der Waals surface area (Å²) in [6, 6.07) is 20.4. The molecule has 0 amide bonds. The van der Waals surface area contributed by atoms with E-state index >= 15 is 0 Å². The first-order valence-corrected chi connectivity index (χ1v) is 10.8. The zero-order valence-corrected chi connectivity index (χ0v) is 18.4. The van der Waals surface area contributed by atoms with Crippen LogP contribution in [-0.4, -0.2) is 16.3 Å². The normalized spacial score (nSPS) is 11.6. The lowest BCUT2D eigenvalue weighted by molar-refractivity contribution is 0.112. The van der Waals surface area contributed by atoms with Gasteiger partial charge in [0, 0.05) is 54.6 Å². The van der Waals surface area contributed by atoms with E-state index in [1.54, 1.807) is 0 Å². The average Bonchev–Trinajstić information content (AvgIpc) is 3.33. The van der Waals surface area contributed by atoms with Crippen LogP contribution in [0.1, 0.15) is 33.0 Å². The highest BCUT2D eigenvalue weighted by Crippen LogP contribution is 2.40. The molecule has 29 heavy (non-hydrogen) atoms. The molecule has 0 aliphatic carbocycles. The molecule has 0 spiro atoms. The number of benzene rings is 3. The Balaban J connectivity index is 1.79. The van der Waals surface area contributed by atoms with E-state index < -0.39 is 0 Å². The molecular formula is C24H16Br2N2O. The summed E-state index contributed by atoms with van der Waals surface area (Å²) in [5.41, 5.74) is 6.40. The van der Waals surface area contributed by atoms with Gasteiger partial charge in [-0.05, 0) is 53.1 Å². The highest BCUT2D eigenvalue weighted by Gasteiger charge is 2.23. The van der Waals surface area contributed by atoms with Crippen LogP contribution in [0, 0.1) is 0 Å². The first-order chi connectivity index (χ1) is 14.1. The van der Waals surface area contributed by atoms with Gasteiger partial charge in [0.2, 0.25) is 0 Å². The predicted molar refractivity (Wildman–Crippen MR) is 125 cm³/mol. The molecule has 0 aliphatic heterocycles. The summed E-state index contributed by atoms with van der Waals surface area (Å²) in [7, 11) is 0. The van der Waals surface area contributed by atoms with Gasteiger partial charge in [-0.25, -0.2) is 0 Å². The van der Waals surface area contributed by atoms with Crippen LogP contribution >= 0.6 is 31.9 Å². The molecule has 3 nitrogen and oxygen atoms in total. The van der Waals surface area contributed by atoms with E-state index in [0.29, 0.717) is 5.56 Å². The molecule has 0 aliphatic rings. The summed E-state index contributed by atoms with van der Waals surface area (Å²) < 4.78 is 2.09. The lowest BCUT2D eigenvalue weighted by Crippen LogP contribution is -2.02. The molecular weight excluding hydrogens is 492 g/mol. The minimum absolute atomic E-state index is 0.0156. The van der Waals surface area contributed by atoms with Crippen molar-refractivity contribution in [3.05, 3.63) is 104 Å². The fourth-order valence-electron chi connectivity index (χ4n) is 4.00. The van der Waals surface area contributed by atoms with Gasteiger partial charge >= 0.3 is 0 Å². The number of carbonyl (C=O) groups is 1. The number of aldehydes is 1. The van der Waals surface area contributed by atoms with Crippen LogP contribution in [0.2, 0.25) is 0 Å². The zero-order valence-electron chi connectivity index (χ0n) is 15.2. The van der Waals surface area contributed by atoms with Crippen molar-refractivity contribution in [2.75, 3.05) is 0 Å². The monoisotopic (exact) mass is 506 g/mol. The Morgan fingerprint density at radius 2 is 1.24 bits per heavy atom. The quantitative estimate of drug-likeness (QED) is 0.249. The van der Waals surface area contributed by atoms with Gasteiger partial charge < -0.3 is 9.97 Å². The van der Waals surface area contributed by atoms with Gasteiger partial charge in [0.1, 0.15) is 6.29 Å². The molecule has 0 unspecified atom stereocenters. The number of aromatic amines is 2. The van der Waals surface area contributed by atoms with Crippen LogP contribution in [0.3, 0.4) is 0 Å². The maximum absolute atomic E-state index is 11.1. The van der Waals surface area contributed by atoms with Crippen molar-refractivity contribution in [3.8, 4) is 0 Å². The lowest BCUT2D eigenvalue weighted by Gasteiger charge is -2.18. The first-order valence-electron chi connectivity index (χ1n) is 9.22. The second kappa shape index (κ2) is 7.32. The Morgan fingerprint density at radius 1 is 0.724 bits per heavy atom. The Bertz CT molecular complexity index is 1270. The number of fused-ring (bicyclic) bond motifs is 2. The fourth-order valence-corrected chi connectivity index (χ4v) is 4.72. The van der Waals surface area contributed by atoms with Gasteiger partial charge in [0.05, 0.1) is 0 Å². The molecule has 5 rings (SSSR count). The fraction of sp³-hybridized carbons (Fsp3) is 0.0417. The number of aromatic nitrogens is 2. The van der Waals surface area contributed by atoms with Gasteiger partial charge in [-0.2, -0.15) is 0 Å². The van der Waals surface area contributed by atoms with Crippen molar-refractivity contribution >= 4 is 60.0 Å². The van der Waals surface area contributed by atoms with E-state index in [0.717, 1.165) is 31.8 Å². The van der Waals surface area contributed by atoms with Gasteiger partial charge in [-0.15, -0.1) is 0 Å². The van der Waals surface area contributed by atoms with Crippen LogP contribution in [0.15, 0.2) is 82.0 Å². The Labute approximate surface area is 184 Å². The number of rotatable bonds is 4. The average molecular weight is 508 g/mol. The number of hydrogen-bond donors (Lipinski definition) is 2. The van der Waals surface area contributed by atoms with Gasteiger partial charge in [-0.3, -0.25) is 4.79 Å². The van der Waals surface area contributed by atoms with Crippen molar-refractivity contribution in [1.29, 1.82) is 0 Å². The highest BCUT2D eigenvalue weighted by atomic mass is 79.9. The zero-order chi connectivity index (χ0) is 20.0. The third kappa shape index (κ3) is 3.24. The first kappa shape index (κ1) is 18.4. The summed E-state index contributed by atoms with van der Waals surface area (Å²) in [6.07, 6.45) is 5.06. The van der Waals surface area contributed by atoms with E-state index in [1.165, 1.54) is 21.9 Å². The molecule has 2 N–H and O–H groups in total. The highest BCUT2D eigenvalue weighted by molar-refractivity contribution is 9.10. The van der Waals surface area contributed by atoms with Crippen molar-refractivity contribution < 1.29 is 4.79 Å². The minimum atomic E-state index is 0.0156. The summed E-state index contributed by atoms with van der Waals surface area (Å²) in [6.45, 7) is 0. The molecule has 5 aromatic rings. The van der Waals surface area contributed by atoms with Gasteiger partial charge in [0.15, 0.2) is 0 Å². The van der Waals surface area contributed by atoms with Crippen LogP contribution < -0.4 is 0 Å². The minimum Gasteiger partial charge on any atom is -0.361 e. The maximum Gasteiger partial charge on any atom is 0.150 e. The summed E-state index contributed by atoms with van der Waals surface area (Å²) in [5, 5.41) is 2.35. The topological polar surface area (TPSA) is 48.6 Å². The van der Waals surface area contributed by atoms with Crippen molar-refractivity contribution in [3.63, 3.8) is 0 Å². The van der Waals surface area contributed by atoms with Crippen LogP contribution in [0.4, 0.5) is 0 Å². The number of carbonyl (C=O) groups excluding carboxylic acids is 1. The van der Waals surface area contributed by atoms with Gasteiger partial charge in [0.25, 0.3) is 0 Å². The standard InChI is InChI=1S/C24H16Br2N2O/c25-16-5-7-22-18(9-16)20(11-27-22)24(15-3-1-14(13-29)2-4-15)21-12-28-23-8-6-17(26)10-19(21)23/h1-13,24,27-28H. The third-order valence-corrected chi connectivity index (χ3v) is 6.37. The summed E-state index contributed by atoms with van der Waals surface area (Å²) in [5.74, 6) is 0.0156. The number of hydrogen-bond acceptors (Lipinski definition) is 1. The number of H-pyrrole nitrogens is 2. The Morgan fingerprint density at radius 3 is 1.72 bits per heavy atom. The van der Waals surface area contributed by atoms with E-state index in [9.17, 15) is 4.79 Å². The van der Waals surface area contributed by atoms with E-state index in [-0.39, 0.29) is 5.92 Å². The van der Waals surface area contributed by atoms with E-state index in [1.807, 2.05) is 36.4 Å². The molecule has 0 saturated heterocycles. The largest absolute Gasteiger partial charge is 0.361 e. The smallest absolute Gasteiger partial charge is 0.150 e. The van der Waals surface area contributed by atoms with Crippen LogP contribution in [0.25, 0.3) is 21.8 Å². The molecule has 2 aromatic heterocycles. The van der Waals surface area contributed by atoms with Crippen LogP contribution in [0.5, 0.6) is 0 Å². The third-order valence-electron chi connectivity index (χ3n) is 5.38. The Kier molecular flexibility index (Phi) is 4.64. The lowest BCUT2D eigenvalue weighted by atomic mass is 9.84. The Hall–Kier alpha value is -2.63. The van der Waals surface area contributed by atoms with Crippen molar-refractivity contribution in [2.24, 2.45) is 0 Å². The summed E-state index contributed by atoms with van der Waals surface area (Å²) in [4.78, 5) is 18.0. The maximum atomic E-state index is 11.1. The molecule has 0 saturated carbocycles. The van der Waals surface area contributed by atoms with Crippen LogP contribution in [-0.2, 0) is 0 Å². The SMILES string of the molecule is O=Cc1ccc(C(c2c[nH]c3ccc(Br)cc23)c2c[nH]c3ccc(Br)cc23)cc1. The molecule has 0 bridgehead atoms. The number of halogens is 2. The van der Waals surface area contributed by atoms with Crippen molar-refractivity contribution in [2.45, 2.75) is 5.92 Å².